The Labute approximate surface area is 96.5 Å². The molecular formula is C8H6F2INO3. The molecule has 0 amide bonds. The second kappa shape index (κ2) is 4.69. The van der Waals surface area contributed by atoms with Gasteiger partial charge in [-0.25, -0.2) is 8.78 Å². The number of aromatic nitrogens is 1. The lowest BCUT2D eigenvalue weighted by atomic mass is 10.1. The Morgan fingerprint density at radius 2 is 2.20 bits per heavy atom. The molecule has 0 atom stereocenters. The molecule has 1 aromatic rings. The molecule has 0 saturated carbocycles. The summed E-state index contributed by atoms with van der Waals surface area (Å²) < 4.78 is 24.9. The first kappa shape index (κ1) is 12.1. The van der Waals surface area contributed by atoms with Crippen LogP contribution in [0.4, 0.5) is 8.78 Å². The standard InChI is InChI=1S/C8H6F2INO3/c9-6(10)4-1-3(2-5(13)14)7(11)12-8(4)15/h1,6H,2H2,(H,12,15)(H,13,14). The molecule has 1 heterocycles. The topological polar surface area (TPSA) is 70.2 Å². The maximum Gasteiger partial charge on any atom is 0.307 e. The van der Waals surface area contributed by atoms with Crippen molar-refractivity contribution in [3.8, 4) is 0 Å². The highest BCUT2D eigenvalue weighted by Crippen LogP contribution is 2.18. The van der Waals surface area contributed by atoms with E-state index in [9.17, 15) is 18.4 Å². The zero-order valence-electron chi connectivity index (χ0n) is 7.26. The molecule has 2 N–H and O–H groups in total. The van der Waals surface area contributed by atoms with Crippen LogP contribution in [-0.2, 0) is 11.2 Å². The average molecular weight is 329 g/mol. The maximum atomic E-state index is 12.3. The average Bonchev–Trinajstić information content (AvgIpc) is 2.08. The first-order chi connectivity index (χ1) is 6.91. The van der Waals surface area contributed by atoms with Crippen LogP contribution in [0.5, 0.6) is 0 Å². The van der Waals surface area contributed by atoms with Crippen LogP contribution in [0.15, 0.2) is 10.9 Å². The predicted octanol–water partition coefficient (Wildman–Crippen LogP) is 1.54. The first-order valence-electron chi connectivity index (χ1n) is 3.83. The molecule has 0 aliphatic carbocycles. The van der Waals surface area contributed by atoms with Crippen molar-refractivity contribution in [2.45, 2.75) is 12.8 Å². The van der Waals surface area contributed by atoms with E-state index in [0.29, 0.717) is 0 Å². The third-order valence-corrected chi connectivity index (χ3v) is 2.64. The van der Waals surface area contributed by atoms with Gasteiger partial charge in [0.05, 0.1) is 15.7 Å². The molecule has 4 nitrogen and oxygen atoms in total. The largest absolute Gasteiger partial charge is 0.481 e. The Balaban J connectivity index is 3.23. The van der Waals surface area contributed by atoms with Crippen LogP contribution in [0, 0.1) is 3.70 Å². The minimum Gasteiger partial charge on any atom is -0.481 e. The van der Waals surface area contributed by atoms with E-state index >= 15 is 0 Å². The second-order valence-electron chi connectivity index (χ2n) is 2.76. The minimum atomic E-state index is -2.90. The molecule has 0 radical (unpaired) electrons. The van der Waals surface area contributed by atoms with Gasteiger partial charge in [0, 0.05) is 0 Å². The number of hydrogen-bond donors (Lipinski definition) is 2. The third kappa shape index (κ3) is 2.98. The molecule has 0 aliphatic rings. The van der Waals surface area contributed by atoms with E-state index in [1.807, 2.05) is 0 Å². The van der Waals surface area contributed by atoms with Gasteiger partial charge in [-0.3, -0.25) is 9.59 Å². The Kier molecular flexibility index (Phi) is 3.77. The Morgan fingerprint density at radius 3 is 2.67 bits per heavy atom. The molecule has 82 valence electrons. The van der Waals surface area contributed by atoms with Crippen molar-refractivity contribution in [3.05, 3.63) is 31.2 Å². The summed E-state index contributed by atoms with van der Waals surface area (Å²) in [6.07, 6.45) is -3.30. The number of carboxylic acids is 1. The van der Waals surface area contributed by atoms with Crippen molar-refractivity contribution < 1.29 is 18.7 Å². The molecule has 7 heteroatoms. The summed E-state index contributed by atoms with van der Waals surface area (Å²) in [5.74, 6) is -1.14. The number of nitrogens with one attached hydrogen (secondary N) is 1. The molecule has 0 fully saturated rings. The fourth-order valence-corrected chi connectivity index (χ4v) is 1.61. The number of alkyl halides is 2. The second-order valence-corrected chi connectivity index (χ2v) is 3.84. The van der Waals surface area contributed by atoms with E-state index < -0.39 is 29.9 Å². The van der Waals surface area contributed by atoms with Gasteiger partial charge in [-0.15, -0.1) is 0 Å². The lowest BCUT2D eigenvalue weighted by Gasteiger charge is -2.04. The van der Waals surface area contributed by atoms with Gasteiger partial charge in [0.2, 0.25) is 0 Å². The van der Waals surface area contributed by atoms with Gasteiger partial charge < -0.3 is 10.1 Å². The molecule has 0 bridgehead atoms. The lowest BCUT2D eigenvalue weighted by molar-refractivity contribution is -0.136. The Hall–Kier alpha value is -0.990. The summed E-state index contributed by atoms with van der Waals surface area (Å²) in [6.45, 7) is 0. The fraction of sp³-hybridized carbons (Fsp3) is 0.250. The number of hydrogen-bond acceptors (Lipinski definition) is 2. The van der Waals surface area contributed by atoms with Crippen LogP contribution < -0.4 is 5.56 Å². The Morgan fingerprint density at radius 1 is 1.60 bits per heavy atom. The molecule has 0 aliphatic heterocycles. The number of aliphatic carboxylic acids is 1. The van der Waals surface area contributed by atoms with Crippen molar-refractivity contribution in [2.75, 3.05) is 0 Å². The summed E-state index contributed by atoms with van der Waals surface area (Å²) in [6, 6.07) is 0.930. The summed E-state index contributed by atoms with van der Waals surface area (Å²) >= 11 is 1.70. The van der Waals surface area contributed by atoms with E-state index in [1.54, 1.807) is 22.6 Å². The summed E-state index contributed by atoms with van der Waals surface area (Å²) in [4.78, 5) is 23.6. The first-order valence-corrected chi connectivity index (χ1v) is 4.91. The monoisotopic (exact) mass is 329 g/mol. The van der Waals surface area contributed by atoms with Crippen LogP contribution in [0.2, 0.25) is 0 Å². The zero-order valence-corrected chi connectivity index (χ0v) is 9.42. The van der Waals surface area contributed by atoms with Gasteiger partial charge in [0.25, 0.3) is 12.0 Å². The van der Waals surface area contributed by atoms with Crippen molar-refractivity contribution in [1.82, 2.24) is 4.98 Å². The number of aromatic amines is 1. The molecule has 0 saturated heterocycles. The number of H-pyrrole nitrogens is 1. The maximum absolute atomic E-state index is 12.3. The summed E-state index contributed by atoms with van der Waals surface area (Å²) in [7, 11) is 0. The number of carbonyl (C=O) groups is 1. The van der Waals surface area contributed by atoms with Gasteiger partial charge in [-0.05, 0) is 34.2 Å². The highest BCUT2D eigenvalue weighted by molar-refractivity contribution is 14.1. The summed E-state index contributed by atoms with van der Waals surface area (Å²) in [5, 5.41) is 8.51. The SMILES string of the molecule is O=C(O)Cc1cc(C(F)F)c(=O)[nH]c1I. The van der Waals surface area contributed by atoms with E-state index in [4.69, 9.17) is 5.11 Å². The molecule has 1 aromatic heterocycles. The molecular weight excluding hydrogens is 323 g/mol. The van der Waals surface area contributed by atoms with Gasteiger partial charge in [0.1, 0.15) is 0 Å². The van der Waals surface area contributed by atoms with E-state index in [-0.39, 0.29) is 9.26 Å². The number of carboxylic acid groups (broad SMARTS) is 1. The van der Waals surface area contributed by atoms with Crippen molar-refractivity contribution >= 4 is 28.6 Å². The lowest BCUT2D eigenvalue weighted by Crippen LogP contribution is -2.17. The van der Waals surface area contributed by atoms with Crippen molar-refractivity contribution in [1.29, 1.82) is 0 Å². The van der Waals surface area contributed by atoms with E-state index in [1.165, 1.54) is 0 Å². The van der Waals surface area contributed by atoms with Crippen LogP contribution >= 0.6 is 22.6 Å². The predicted molar refractivity (Wildman–Crippen MR) is 56.1 cm³/mol. The van der Waals surface area contributed by atoms with Gasteiger partial charge in [-0.2, -0.15) is 0 Å². The molecule has 15 heavy (non-hydrogen) atoms. The highest BCUT2D eigenvalue weighted by atomic mass is 127. The van der Waals surface area contributed by atoms with E-state index in [0.717, 1.165) is 6.07 Å². The van der Waals surface area contributed by atoms with Crippen molar-refractivity contribution in [2.24, 2.45) is 0 Å². The number of pyridine rings is 1. The van der Waals surface area contributed by atoms with Crippen LogP contribution in [0.25, 0.3) is 0 Å². The third-order valence-electron chi connectivity index (χ3n) is 1.67. The molecule has 0 unspecified atom stereocenters. The fourth-order valence-electron chi connectivity index (χ4n) is 1.02. The molecule has 0 aromatic carbocycles. The van der Waals surface area contributed by atoms with Gasteiger partial charge >= 0.3 is 5.97 Å². The van der Waals surface area contributed by atoms with Gasteiger partial charge in [-0.1, -0.05) is 0 Å². The Bertz CT molecular complexity index is 444. The normalized spacial score (nSPS) is 10.7. The minimum absolute atomic E-state index is 0.179. The van der Waals surface area contributed by atoms with Crippen LogP contribution in [0.1, 0.15) is 17.6 Å². The van der Waals surface area contributed by atoms with Crippen LogP contribution in [-0.4, -0.2) is 16.1 Å². The number of rotatable bonds is 3. The quantitative estimate of drug-likeness (QED) is 0.653. The van der Waals surface area contributed by atoms with Crippen LogP contribution in [0.3, 0.4) is 0 Å². The number of halogens is 3. The van der Waals surface area contributed by atoms with Gasteiger partial charge in [0.15, 0.2) is 0 Å². The molecule has 0 spiro atoms. The molecule has 1 rings (SSSR count). The zero-order chi connectivity index (χ0) is 11.6. The summed E-state index contributed by atoms with van der Waals surface area (Å²) in [5.41, 5.74) is -1.41. The highest BCUT2D eigenvalue weighted by Gasteiger charge is 2.16. The van der Waals surface area contributed by atoms with Crippen molar-refractivity contribution in [3.63, 3.8) is 0 Å². The van der Waals surface area contributed by atoms with E-state index in [2.05, 4.69) is 4.98 Å². The smallest absolute Gasteiger partial charge is 0.307 e.